The third-order valence-corrected chi connectivity index (χ3v) is 8.03. The second kappa shape index (κ2) is 11.4. The number of carbonyl (C=O) groups excluding carboxylic acids is 1. The van der Waals surface area contributed by atoms with Crippen molar-refractivity contribution in [3.05, 3.63) is 72.0 Å². The molecule has 14 heteroatoms. The Hall–Kier alpha value is -4.98. The van der Waals surface area contributed by atoms with E-state index in [0.717, 1.165) is 23.1 Å². The van der Waals surface area contributed by atoms with Crippen LogP contribution in [0.4, 0.5) is 21.8 Å². The van der Waals surface area contributed by atoms with E-state index in [1.54, 1.807) is 19.4 Å². The number of methoxy groups -OCH3 is 1. The van der Waals surface area contributed by atoms with Crippen LogP contribution in [-0.2, 0) is 9.53 Å². The maximum absolute atomic E-state index is 13.6. The van der Waals surface area contributed by atoms with Gasteiger partial charge in [-0.05, 0) is 57.2 Å². The summed E-state index contributed by atoms with van der Waals surface area (Å²) in [6.45, 7) is 3.81. The number of H-pyrrole nitrogens is 1. The zero-order valence-electron chi connectivity index (χ0n) is 24.0. The number of nitrogens with one attached hydrogen (secondary N) is 3. The molecule has 1 saturated carbocycles. The Morgan fingerprint density at radius 1 is 1.19 bits per heavy atom. The molecule has 5 aromatic heterocycles. The summed E-state index contributed by atoms with van der Waals surface area (Å²) in [6.07, 6.45) is 7.76. The van der Waals surface area contributed by atoms with E-state index in [1.165, 1.54) is 17.2 Å². The van der Waals surface area contributed by atoms with E-state index >= 15 is 0 Å². The first-order chi connectivity index (χ1) is 20.7. The molecule has 0 unspecified atom stereocenters. The van der Waals surface area contributed by atoms with Gasteiger partial charge in [0.15, 0.2) is 17.5 Å². The predicted octanol–water partition coefficient (Wildman–Crippen LogP) is 4.02. The molecule has 222 valence electrons. The number of aryl methyl sites for hydroxylation is 1. The number of amides is 1. The van der Waals surface area contributed by atoms with Gasteiger partial charge in [-0.2, -0.15) is 10.2 Å². The highest BCUT2D eigenvalue weighted by atomic mass is 19.1. The number of aromatic nitrogens is 8. The molecule has 5 heterocycles. The Balaban J connectivity index is 1.17. The van der Waals surface area contributed by atoms with Crippen molar-refractivity contribution in [2.75, 3.05) is 18.2 Å². The van der Waals surface area contributed by atoms with Crippen LogP contribution in [0.15, 0.2) is 49.2 Å². The largest absolute Gasteiger partial charge is 0.383 e. The van der Waals surface area contributed by atoms with E-state index in [9.17, 15) is 9.18 Å². The van der Waals surface area contributed by atoms with Crippen LogP contribution in [-0.4, -0.2) is 58.5 Å². The molecule has 5 aromatic rings. The fraction of sp³-hybridized carbons (Fsp3) is 0.345. The van der Waals surface area contributed by atoms with Crippen LogP contribution >= 0.6 is 0 Å². The van der Waals surface area contributed by atoms with Gasteiger partial charge in [0, 0.05) is 36.4 Å². The molecule has 1 aliphatic carbocycles. The lowest BCUT2D eigenvalue weighted by Crippen LogP contribution is -2.50. The van der Waals surface area contributed by atoms with Crippen molar-refractivity contribution in [2.24, 2.45) is 0 Å². The fourth-order valence-corrected chi connectivity index (χ4v) is 5.58. The number of rotatable bonds is 8. The van der Waals surface area contributed by atoms with Gasteiger partial charge in [-0.3, -0.25) is 9.89 Å². The number of nitrogen functional groups attached to an aromatic ring is 1. The molecule has 0 bridgehead atoms. The maximum atomic E-state index is 13.6. The lowest BCUT2D eigenvalue weighted by Gasteiger charge is -2.38. The number of hydrogen-bond acceptors (Lipinski definition) is 10. The van der Waals surface area contributed by atoms with E-state index in [0.29, 0.717) is 59.9 Å². The van der Waals surface area contributed by atoms with E-state index in [1.807, 2.05) is 32.0 Å². The Morgan fingerprint density at radius 3 is 2.65 bits per heavy atom. The molecule has 6 rings (SSSR count). The van der Waals surface area contributed by atoms with Crippen molar-refractivity contribution in [3.8, 4) is 5.82 Å². The lowest BCUT2D eigenvalue weighted by atomic mass is 9.76. The third-order valence-electron chi connectivity index (χ3n) is 8.03. The number of anilines is 3. The highest BCUT2D eigenvalue weighted by Gasteiger charge is 2.43. The molecule has 1 fully saturated rings. The number of aromatic amines is 1. The van der Waals surface area contributed by atoms with Crippen molar-refractivity contribution >= 4 is 34.3 Å². The minimum absolute atomic E-state index is 0.0249. The summed E-state index contributed by atoms with van der Waals surface area (Å²) >= 11 is 0. The van der Waals surface area contributed by atoms with Crippen LogP contribution < -0.4 is 16.4 Å². The molecule has 43 heavy (non-hydrogen) atoms. The number of halogens is 1. The molecule has 0 aromatic carbocycles. The van der Waals surface area contributed by atoms with Crippen molar-refractivity contribution < 1.29 is 13.9 Å². The third kappa shape index (κ3) is 5.60. The minimum atomic E-state index is -0.989. The molecule has 1 amide bonds. The SMILES string of the molecule is COC1(C(=O)N[C@@H](C)c2ccc(-n3cc(F)cn3)nc2)CCC(c2nc(Nc3cc(C)[nH]n3)cc3c(N)ncnc23)CC1. The molecular formula is C29H32FN11O2. The molecule has 1 atom stereocenters. The zero-order chi connectivity index (χ0) is 30.1. The number of fused-ring (bicyclic) bond motifs is 1. The number of hydrogen-bond donors (Lipinski definition) is 4. The first-order valence-corrected chi connectivity index (χ1v) is 14.0. The van der Waals surface area contributed by atoms with Gasteiger partial charge in [-0.25, -0.2) is 29.0 Å². The quantitative estimate of drug-likeness (QED) is 0.208. The Labute approximate surface area is 246 Å². The molecule has 13 nitrogen and oxygen atoms in total. The predicted molar refractivity (Wildman–Crippen MR) is 157 cm³/mol. The van der Waals surface area contributed by atoms with E-state index < -0.39 is 11.4 Å². The highest BCUT2D eigenvalue weighted by molar-refractivity contribution is 5.92. The van der Waals surface area contributed by atoms with Gasteiger partial charge >= 0.3 is 0 Å². The monoisotopic (exact) mass is 585 g/mol. The summed E-state index contributed by atoms with van der Waals surface area (Å²) in [5, 5.41) is 18.1. The van der Waals surface area contributed by atoms with Crippen LogP contribution in [0.3, 0.4) is 0 Å². The average Bonchev–Trinajstić information content (AvgIpc) is 3.64. The van der Waals surface area contributed by atoms with Gasteiger partial charge < -0.3 is 21.1 Å². The molecular weight excluding hydrogens is 553 g/mol. The lowest BCUT2D eigenvalue weighted by molar-refractivity contribution is -0.148. The van der Waals surface area contributed by atoms with Crippen molar-refractivity contribution in [1.29, 1.82) is 0 Å². The highest BCUT2D eigenvalue weighted by Crippen LogP contribution is 2.42. The van der Waals surface area contributed by atoms with Crippen LogP contribution in [0.25, 0.3) is 16.7 Å². The van der Waals surface area contributed by atoms with E-state index in [4.69, 9.17) is 15.5 Å². The Kier molecular flexibility index (Phi) is 7.44. The molecule has 0 saturated heterocycles. The van der Waals surface area contributed by atoms with E-state index in [-0.39, 0.29) is 17.9 Å². The Bertz CT molecular complexity index is 1760. The molecule has 0 radical (unpaired) electrons. The smallest absolute Gasteiger partial charge is 0.252 e. The number of nitrogens with zero attached hydrogens (tertiary/aromatic N) is 7. The van der Waals surface area contributed by atoms with Gasteiger partial charge in [-0.15, -0.1) is 0 Å². The first-order valence-electron chi connectivity index (χ1n) is 14.0. The van der Waals surface area contributed by atoms with Crippen molar-refractivity contribution in [3.63, 3.8) is 0 Å². The summed E-state index contributed by atoms with van der Waals surface area (Å²) in [6, 6.07) is 6.94. The first kappa shape index (κ1) is 28.2. The van der Waals surface area contributed by atoms with Crippen molar-refractivity contribution in [1.82, 2.24) is 45.2 Å². The van der Waals surface area contributed by atoms with Crippen LogP contribution in [0, 0.1) is 12.7 Å². The van der Waals surface area contributed by atoms with Gasteiger partial charge in [-0.1, -0.05) is 6.07 Å². The summed E-state index contributed by atoms with van der Waals surface area (Å²) in [5.74, 6) is 1.46. The second-order valence-corrected chi connectivity index (χ2v) is 10.8. The van der Waals surface area contributed by atoms with Crippen LogP contribution in [0.2, 0.25) is 0 Å². The maximum Gasteiger partial charge on any atom is 0.252 e. The second-order valence-electron chi connectivity index (χ2n) is 10.8. The number of carbonyl (C=O) groups is 1. The Morgan fingerprint density at radius 2 is 2.00 bits per heavy atom. The summed E-state index contributed by atoms with van der Waals surface area (Å²) in [5.41, 5.74) is 8.45. The molecule has 0 aliphatic heterocycles. The minimum Gasteiger partial charge on any atom is -0.383 e. The van der Waals surface area contributed by atoms with Crippen LogP contribution in [0.5, 0.6) is 0 Å². The molecule has 0 spiro atoms. The number of nitrogens with two attached hydrogens (primary N) is 1. The number of ether oxygens (including phenoxy) is 1. The topological polar surface area (TPSA) is 174 Å². The number of pyridine rings is 2. The van der Waals surface area contributed by atoms with Crippen LogP contribution in [0.1, 0.15) is 61.5 Å². The fourth-order valence-electron chi connectivity index (χ4n) is 5.58. The average molecular weight is 586 g/mol. The van der Waals surface area contributed by atoms with Gasteiger partial charge in [0.1, 0.15) is 23.6 Å². The summed E-state index contributed by atoms with van der Waals surface area (Å²) in [4.78, 5) is 31.6. The summed E-state index contributed by atoms with van der Waals surface area (Å²) < 4.78 is 20.6. The van der Waals surface area contributed by atoms with E-state index in [2.05, 4.69) is 40.9 Å². The molecule has 1 aliphatic rings. The zero-order valence-corrected chi connectivity index (χ0v) is 24.0. The van der Waals surface area contributed by atoms with Gasteiger partial charge in [0.25, 0.3) is 5.91 Å². The molecule has 5 N–H and O–H groups in total. The van der Waals surface area contributed by atoms with Gasteiger partial charge in [0.2, 0.25) is 0 Å². The van der Waals surface area contributed by atoms with Crippen molar-refractivity contribution in [2.45, 2.75) is 57.1 Å². The normalized spacial score (nSPS) is 19.3. The van der Waals surface area contributed by atoms with Gasteiger partial charge in [0.05, 0.1) is 29.6 Å². The standard InChI is InChI=1S/C29H32FN11O2/c1-16-10-23(40-39-16)37-22-11-21-26(33-15-34-27(21)31)25(38-22)18-6-8-29(43-3,9-7-18)28(42)36-17(2)19-4-5-24(32-12-19)41-14-20(30)13-35-41/h4-5,10-15,17-18H,6-9H2,1-3H3,(H,36,42)(H2,31,33,34)(H2,37,38,39,40)/t17-,18?,29?/m0/s1. The summed E-state index contributed by atoms with van der Waals surface area (Å²) in [7, 11) is 1.57.